The Morgan fingerprint density at radius 3 is 1.38 bits per heavy atom. The Morgan fingerprint density at radius 1 is 0.545 bits per heavy atom. The van der Waals surface area contributed by atoms with Gasteiger partial charge in [-0.3, -0.25) is 13.8 Å². The number of hydrogen-bond donors (Lipinski definition) is 3. The first-order valence-corrected chi connectivity index (χ1v) is 24.7. The molecule has 0 spiro atoms. The molecule has 3 N–H and O–H groups in total. The lowest BCUT2D eigenvalue weighted by Crippen LogP contribution is -2.29. The summed E-state index contributed by atoms with van der Waals surface area (Å²) in [6.45, 7) is 3.54. The molecular weight excluding hydrogens is 715 g/mol. The Morgan fingerprint density at radius 2 is 0.927 bits per heavy atom. The van der Waals surface area contributed by atoms with Crippen molar-refractivity contribution in [3.63, 3.8) is 0 Å². The fourth-order valence-corrected chi connectivity index (χ4v) is 7.44. The number of aliphatic hydroxyl groups is 2. The molecule has 328 valence electrons. The molecule has 0 saturated heterocycles. The summed E-state index contributed by atoms with van der Waals surface area (Å²) in [6, 6.07) is 0. The maximum Gasteiger partial charge on any atom is 0.472 e. The number of carbonyl (C=O) groups excluding carboxylic acids is 1. The van der Waals surface area contributed by atoms with Crippen LogP contribution in [0.5, 0.6) is 0 Å². The molecule has 0 aromatic carbocycles. The molecule has 0 aliphatic heterocycles. The topological polar surface area (TPSA) is 132 Å². The smallest absolute Gasteiger partial charge is 0.457 e. The van der Waals surface area contributed by atoms with Crippen molar-refractivity contribution in [2.45, 2.75) is 238 Å². The van der Waals surface area contributed by atoms with Crippen LogP contribution >= 0.6 is 7.82 Å². The van der Waals surface area contributed by atoms with Crippen LogP contribution in [0, 0.1) is 0 Å². The molecule has 9 nitrogen and oxygen atoms in total. The van der Waals surface area contributed by atoms with E-state index in [1.54, 1.807) is 0 Å². The number of phosphoric acid groups is 1. The summed E-state index contributed by atoms with van der Waals surface area (Å²) >= 11 is 0. The van der Waals surface area contributed by atoms with E-state index in [9.17, 15) is 19.4 Å². The Labute approximate surface area is 339 Å². The summed E-state index contributed by atoms with van der Waals surface area (Å²) < 4.78 is 33.4. The van der Waals surface area contributed by atoms with Crippen LogP contribution in [0.25, 0.3) is 0 Å². The normalized spacial score (nSPS) is 14.1. The van der Waals surface area contributed by atoms with Gasteiger partial charge in [0.25, 0.3) is 0 Å². The first kappa shape index (κ1) is 54.2. The summed E-state index contributed by atoms with van der Waals surface area (Å²) in [5, 5.41) is 18.4. The standard InChI is InChI=1S/C45H89O9P/c1-3-5-7-9-11-13-15-17-19-20-21-22-23-24-25-27-29-31-33-35-37-45(48)54-44(42-53-55(49,50)52-40-43(47)39-46)41-51-38-36-34-32-30-28-26-18-16-14-12-10-8-6-4-2/h14,16,43-44,46-47H,3-13,15,17-42H2,1-2H3,(H,49,50)/b16-14-. The molecule has 0 fully saturated rings. The summed E-state index contributed by atoms with van der Waals surface area (Å²) in [5.74, 6) is -0.379. The van der Waals surface area contributed by atoms with E-state index in [2.05, 4.69) is 26.0 Å². The number of aliphatic hydroxyl groups excluding tert-OH is 2. The van der Waals surface area contributed by atoms with Crippen LogP contribution in [0.2, 0.25) is 0 Å². The van der Waals surface area contributed by atoms with Crippen LogP contribution < -0.4 is 0 Å². The van der Waals surface area contributed by atoms with Gasteiger partial charge in [-0.1, -0.05) is 193 Å². The first-order chi connectivity index (χ1) is 26.8. The van der Waals surface area contributed by atoms with Crippen molar-refractivity contribution in [3.8, 4) is 0 Å². The third-order valence-electron chi connectivity index (χ3n) is 10.2. The third kappa shape index (κ3) is 42.6. The van der Waals surface area contributed by atoms with Crippen LogP contribution in [-0.4, -0.2) is 66.3 Å². The van der Waals surface area contributed by atoms with Crippen molar-refractivity contribution in [1.82, 2.24) is 0 Å². The van der Waals surface area contributed by atoms with E-state index in [0.717, 1.165) is 44.9 Å². The summed E-state index contributed by atoms with van der Waals surface area (Å²) in [5.41, 5.74) is 0. The lowest BCUT2D eigenvalue weighted by atomic mass is 10.0. The first-order valence-electron chi connectivity index (χ1n) is 23.2. The lowest BCUT2D eigenvalue weighted by Gasteiger charge is -2.20. The Bertz CT molecular complexity index is 871. The highest BCUT2D eigenvalue weighted by Crippen LogP contribution is 2.43. The molecule has 0 radical (unpaired) electrons. The summed E-state index contributed by atoms with van der Waals surface area (Å²) in [6.07, 6.45) is 43.1. The van der Waals surface area contributed by atoms with Crippen LogP contribution in [0.3, 0.4) is 0 Å². The minimum Gasteiger partial charge on any atom is -0.457 e. The quantitative estimate of drug-likeness (QED) is 0.0238. The number of hydrogen-bond acceptors (Lipinski definition) is 8. The molecule has 0 heterocycles. The minimum atomic E-state index is -4.51. The number of rotatable bonds is 45. The van der Waals surface area contributed by atoms with Gasteiger partial charge in [0.2, 0.25) is 0 Å². The van der Waals surface area contributed by atoms with Crippen LogP contribution in [0.1, 0.15) is 226 Å². The van der Waals surface area contributed by atoms with Crippen molar-refractivity contribution >= 4 is 13.8 Å². The molecular formula is C45H89O9P. The number of allylic oxidation sites excluding steroid dienone is 2. The van der Waals surface area contributed by atoms with Crippen molar-refractivity contribution < 1.29 is 43.0 Å². The zero-order valence-electron chi connectivity index (χ0n) is 35.9. The maximum atomic E-state index is 12.6. The second-order valence-electron chi connectivity index (χ2n) is 15.8. The van der Waals surface area contributed by atoms with Crippen LogP contribution in [0.15, 0.2) is 12.2 Å². The molecule has 10 heteroatoms. The Hall–Kier alpha value is -0.800. The molecule has 0 amide bonds. The molecule has 3 atom stereocenters. The maximum absolute atomic E-state index is 12.6. The Kier molecular flexibility index (Phi) is 42.2. The van der Waals surface area contributed by atoms with Gasteiger partial charge in [0, 0.05) is 13.0 Å². The zero-order valence-corrected chi connectivity index (χ0v) is 36.8. The summed E-state index contributed by atoms with van der Waals surface area (Å²) in [4.78, 5) is 22.6. The molecule has 55 heavy (non-hydrogen) atoms. The van der Waals surface area contributed by atoms with E-state index in [4.69, 9.17) is 23.6 Å². The van der Waals surface area contributed by atoms with Gasteiger partial charge in [0.1, 0.15) is 12.2 Å². The molecule has 3 unspecified atom stereocenters. The zero-order chi connectivity index (χ0) is 40.3. The SMILES string of the molecule is CCCCCC/C=C\CCCCCCCCOCC(COP(=O)(O)OCC(O)CO)OC(=O)CCCCCCCCCCCCCCCCCCCCCC. The average Bonchev–Trinajstić information content (AvgIpc) is 3.18. The summed E-state index contributed by atoms with van der Waals surface area (Å²) in [7, 11) is -4.51. The van der Waals surface area contributed by atoms with Gasteiger partial charge >= 0.3 is 13.8 Å². The highest BCUT2D eigenvalue weighted by atomic mass is 31.2. The number of esters is 1. The van der Waals surface area contributed by atoms with Gasteiger partial charge in [0.05, 0.1) is 26.4 Å². The van der Waals surface area contributed by atoms with Crippen molar-refractivity contribution in [3.05, 3.63) is 12.2 Å². The minimum absolute atomic E-state index is 0.0506. The molecule has 0 aromatic rings. The highest BCUT2D eigenvalue weighted by molar-refractivity contribution is 7.47. The average molecular weight is 805 g/mol. The van der Waals surface area contributed by atoms with E-state index in [1.165, 1.54) is 161 Å². The highest BCUT2D eigenvalue weighted by Gasteiger charge is 2.26. The van der Waals surface area contributed by atoms with Crippen molar-refractivity contribution in [2.75, 3.05) is 33.0 Å². The van der Waals surface area contributed by atoms with Crippen LogP contribution in [-0.2, 0) is 27.9 Å². The Balaban J connectivity index is 4.08. The number of carbonyl (C=O) groups is 1. The van der Waals surface area contributed by atoms with Gasteiger partial charge in [-0.25, -0.2) is 4.57 Å². The predicted octanol–water partition coefficient (Wildman–Crippen LogP) is 12.9. The largest absolute Gasteiger partial charge is 0.472 e. The molecule has 0 saturated carbocycles. The van der Waals surface area contributed by atoms with Gasteiger partial charge in [-0.2, -0.15) is 0 Å². The molecule has 0 aliphatic rings. The van der Waals surface area contributed by atoms with Crippen molar-refractivity contribution in [2.24, 2.45) is 0 Å². The van der Waals surface area contributed by atoms with Crippen LogP contribution in [0.4, 0.5) is 0 Å². The van der Waals surface area contributed by atoms with E-state index in [1.807, 2.05) is 0 Å². The molecule has 0 bridgehead atoms. The van der Waals surface area contributed by atoms with E-state index in [-0.39, 0.29) is 25.6 Å². The second kappa shape index (κ2) is 42.8. The van der Waals surface area contributed by atoms with E-state index >= 15 is 0 Å². The molecule has 0 aliphatic carbocycles. The third-order valence-corrected chi connectivity index (χ3v) is 11.2. The predicted molar refractivity (Wildman–Crippen MR) is 228 cm³/mol. The van der Waals surface area contributed by atoms with Gasteiger partial charge in [-0.05, 0) is 38.5 Å². The fraction of sp³-hybridized carbons (Fsp3) is 0.933. The second-order valence-corrected chi connectivity index (χ2v) is 17.2. The van der Waals surface area contributed by atoms with Gasteiger partial charge in [0.15, 0.2) is 0 Å². The lowest BCUT2D eigenvalue weighted by molar-refractivity contribution is -0.154. The van der Waals surface area contributed by atoms with Gasteiger partial charge in [-0.15, -0.1) is 0 Å². The van der Waals surface area contributed by atoms with Crippen molar-refractivity contribution in [1.29, 1.82) is 0 Å². The van der Waals surface area contributed by atoms with E-state index < -0.39 is 33.2 Å². The fourth-order valence-electron chi connectivity index (χ4n) is 6.65. The monoisotopic (exact) mass is 805 g/mol. The number of unbranched alkanes of at least 4 members (excludes halogenated alkanes) is 29. The van der Waals surface area contributed by atoms with Gasteiger partial charge < -0.3 is 24.6 Å². The molecule has 0 rings (SSSR count). The number of ether oxygens (including phenoxy) is 2. The molecule has 0 aromatic heterocycles. The van der Waals surface area contributed by atoms with E-state index in [0.29, 0.717) is 6.61 Å². The number of phosphoric ester groups is 1.